The van der Waals surface area contributed by atoms with Gasteiger partial charge in [0, 0.05) is 24.4 Å². The number of amides is 1. The Hall–Kier alpha value is -4.63. The van der Waals surface area contributed by atoms with Crippen molar-refractivity contribution in [3.8, 4) is 22.9 Å². The molecule has 9 heteroatoms. The maximum atomic E-state index is 13.7. The molecule has 0 bridgehead atoms. The molecule has 0 aliphatic carbocycles. The molecule has 1 aromatic heterocycles. The molecule has 200 valence electrons. The van der Waals surface area contributed by atoms with Gasteiger partial charge in [-0.05, 0) is 79.9 Å². The normalized spacial score (nSPS) is 14.6. The summed E-state index contributed by atoms with van der Waals surface area (Å²) in [6, 6.07) is 21.5. The second-order valence-electron chi connectivity index (χ2n) is 9.27. The summed E-state index contributed by atoms with van der Waals surface area (Å²) < 4.78 is 18.2. The van der Waals surface area contributed by atoms with E-state index in [0.29, 0.717) is 35.0 Å². The van der Waals surface area contributed by atoms with E-state index in [1.54, 1.807) is 55.6 Å². The molecule has 0 radical (unpaired) electrons. The molecule has 9 nitrogen and oxygen atoms in total. The van der Waals surface area contributed by atoms with Gasteiger partial charge >= 0.3 is 0 Å². The molecule has 1 aliphatic heterocycles. The predicted octanol–water partition coefficient (Wildman–Crippen LogP) is 4.99. The number of carbonyl (C=O) groups excluding carboxylic acids is 1. The summed E-state index contributed by atoms with van der Waals surface area (Å²) in [5.41, 5.74) is 2.36. The Morgan fingerprint density at radius 1 is 1.08 bits per heavy atom. The van der Waals surface area contributed by atoms with Gasteiger partial charge in [0.1, 0.15) is 11.5 Å². The number of carbonyl (C=O) groups is 1. The molecule has 0 spiro atoms. The largest absolute Gasteiger partial charge is 0.497 e. The van der Waals surface area contributed by atoms with Crippen LogP contribution in [0.3, 0.4) is 0 Å². The highest BCUT2D eigenvalue weighted by molar-refractivity contribution is 5.95. The molecule has 2 N–H and O–H groups in total. The lowest BCUT2D eigenvalue weighted by Gasteiger charge is -2.15. The molecule has 1 fully saturated rings. The van der Waals surface area contributed by atoms with E-state index < -0.39 is 5.56 Å². The highest BCUT2D eigenvalue weighted by Crippen LogP contribution is 2.29. The monoisotopic (exact) mass is 526 g/mol. The Bertz CT molecular complexity index is 1510. The number of ether oxygens (including phenoxy) is 3. The highest BCUT2D eigenvalue weighted by atomic mass is 16.5. The van der Waals surface area contributed by atoms with Crippen molar-refractivity contribution in [2.45, 2.75) is 25.9 Å². The molecule has 1 amide bonds. The molecule has 39 heavy (non-hydrogen) atoms. The van der Waals surface area contributed by atoms with Crippen molar-refractivity contribution in [3.05, 3.63) is 100 Å². The minimum atomic E-state index is -0.418. The fraction of sp³-hybridized carbons (Fsp3) is 0.233. The van der Waals surface area contributed by atoms with Gasteiger partial charge in [0.05, 0.1) is 25.1 Å². The molecule has 1 aliphatic rings. The van der Waals surface area contributed by atoms with Gasteiger partial charge < -0.3 is 24.8 Å². The zero-order chi connectivity index (χ0) is 27.2. The summed E-state index contributed by atoms with van der Waals surface area (Å²) in [5, 5.41) is 10.5. The smallest absolute Gasteiger partial charge is 0.299 e. The molecule has 4 aromatic rings. The van der Waals surface area contributed by atoms with Crippen LogP contribution in [0.1, 0.15) is 28.8 Å². The zero-order valence-electron chi connectivity index (χ0n) is 21.8. The molecule has 0 saturated carbocycles. The van der Waals surface area contributed by atoms with E-state index in [2.05, 4.69) is 15.7 Å². The van der Waals surface area contributed by atoms with Gasteiger partial charge in [0.25, 0.3) is 11.5 Å². The maximum Gasteiger partial charge on any atom is 0.299 e. The first-order chi connectivity index (χ1) is 19.0. The number of aromatic nitrogens is 2. The number of nitrogens with zero attached hydrogens (tertiary/aromatic N) is 2. The Balaban J connectivity index is 1.46. The fourth-order valence-electron chi connectivity index (χ4n) is 4.34. The molecular formula is C30H30N4O5. The van der Waals surface area contributed by atoms with E-state index in [1.165, 1.54) is 10.9 Å². The molecule has 1 unspecified atom stereocenters. The van der Waals surface area contributed by atoms with Crippen molar-refractivity contribution < 1.29 is 19.0 Å². The summed E-state index contributed by atoms with van der Waals surface area (Å²) in [7, 11) is 1.58. The summed E-state index contributed by atoms with van der Waals surface area (Å²) in [5.74, 6) is 1.28. The van der Waals surface area contributed by atoms with Crippen molar-refractivity contribution >= 4 is 17.3 Å². The van der Waals surface area contributed by atoms with Crippen molar-refractivity contribution in [3.63, 3.8) is 0 Å². The van der Waals surface area contributed by atoms with Crippen LogP contribution in [-0.2, 0) is 4.74 Å². The van der Waals surface area contributed by atoms with Gasteiger partial charge in [-0.3, -0.25) is 9.59 Å². The van der Waals surface area contributed by atoms with E-state index in [9.17, 15) is 9.59 Å². The standard InChI is InChI=1S/C30H30N4O5/c1-20-6-3-9-25(16-20)39-27-19-32-34(23-11-13-24(37-2)14-12-23)30(36)28(27)33-22-8-4-7-21(17-22)29(35)31-18-26-10-5-15-38-26/h3-4,6-9,11-14,16-17,19,26,33H,5,10,15,18H2,1-2H3,(H,31,35). The lowest BCUT2D eigenvalue weighted by molar-refractivity contribution is 0.0858. The third kappa shape index (κ3) is 6.27. The molecule has 3 aromatic carbocycles. The van der Waals surface area contributed by atoms with Gasteiger partial charge in [0.15, 0.2) is 11.4 Å². The number of methoxy groups -OCH3 is 1. The van der Waals surface area contributed by atoms with E-state index in [1.807, 2.05) is 31.2 Å². The van der Waals surface area contributed by atoms with E-state index in [0.717, 1.165) is 25.0 Å². The first-order valence-corrected chi connectivity index (χ1v) is 12.8. The maximum absolute atomic E-state index is 13.7. The van der Waals surface area contributed by atoms with Crippen LogP contribution in [0.25, 0.3) is 5.69 Å². The minimum absolute atomic E-state index is 0.0461. The SMILES string of the molecule is COc1ccc(-n2ncc(Oc3cccc(C)c3)c(Nc3cccc(C(=O)NCC4CCCO4)c3)c2=O)cc1. The van der Waals surface area contributed by atoms with Crippen LogP contribution >= 0.6 is 0 Å². The number of nitrogens with one attached hydrogen (secondary N) is 2. The quantitative estimate of drug-likeness (QED) is 0.317. The van der Waals surface area contributed by atoms with Crippen LogP contribution in [0, 0.1) is 6.92 Å². The third-order valence-corrected chi connectivity index (χ3v) is 6.39. The zero-order valence-corrected chi connectivity index (χ0v) is 21.8. The van der Waals surface area contributed by atoms with Gasteiger partial charge in [-0.15, -0.1) is 0 Å². The molecule has 2 heterocycles. The van der Waals surface area contributed by atoms with Crippen LogP contribution in [0.2, 0.25) is 0 Å². The summed E-state index contributed by atoms with van der Waals surface area (Å²) in [6.45, 7) is 3.15. The first kappa shape index (κ1) is 26.0. The van der Waals surface area contributed by atoms with Gasteiger partial charge in [-0.1, -0.05) is 18.2 Å². The molecular weight excluding hydrogens is 496 g/mol. The third-order valence-electron chi connectivity index (χ3n) is 6.39. The van der Waals surface area contributed by atoms with Crippen molar-refractivity contribution in [1.29, 1.82) is 0 Å². The lowest BCUT2D eigenvalue weighted by Crippen LogP contribution is -2.31. The number of hydrogen-bond donors (Lipinski definition) is 2. The van der Waals surface area contributed by atoms with Crippen molar-refractivity contribution in [2.24, 2.45) is 0 Å². The first-order valence-electron chi connectivity index (χ1n) is 12.8. The fourth-order valence-corrected chi connectivity index (χ4v) is 4.34. The van der Waals surface area contributed by atoms with Gasteiger partial charge in [-0.2, -0.15) is 9.78 Å². The average Bonchev–Trinajstić information content (AvgIpc) is 3.48. The Morgan fingerprint density at radius 3 is 2.64 bits per heavy atom. The van der Waals surface area contributed by atoms with Crippen molar-refractivity contribution in [2.75, 3.05) is 25.6 Å². The Morgan fingerprint density at radius 2 is 1.90 bits per heavy atom. The topological polar surface area (TPSA) is 104 Å². The molecule has 1 saturated heterocycles. The lowest BCUT2D eigenvalue weighted by atomic mass is 10.1. The summed E-state index contributed by atoms with van der Waals surface area (Å²) >= 11 is 0. The van der Waals surface area contributed by atoms with Crippen LogP contribution in [0.5, 0.6) is 17.2 Å². The average molecular weight is 527 g/mol. The Kier molecular flexibility index (Phi) is 7.88. The molecule has 5 rings (SSSR count). The second-order valence-corrected chi connectivity index (χ2v) is 9.27. The van der Waals surface area contributed by atoms with Gasteiger partial charge in [0.2, 0.25) is 0 Å². The number of hydrogen-bond acceptors (Lipinski definition) is 7. The highest BCUT2D eigenvalue weighted by Gasteiger charge is 2.18. The number of aryl methyl sites for hydroxylation is 1. The summed E-state index contributed by atoms with van der Waals surface area (Å²) in [4.78, 5) is 26.5. The van der Waals surface area contributed by atoms with Crippen LogP contribution in [0.15, 0.2) is 83.8 Å². The number of anilines is 2. The van der Waals surface area contributed by atoms with E-state index in [4.69, 9.17) is 14.2 Å². The van der Waals surface area contributed by atoms with Crippen LogP contribution < -0.4 is 25.7 Å². The minimum Gasteiger partial charge on any atom is -0.497 e. The summed E-state index contributed by atoms with van der Waals surface area (Å²) in [6.07, 6.45) is 3.49. The predicted molar refractivity (Wildman–Crippen MR) is 149 cm³/mol. The number of rotatable bonds is 9. The van der Waals surface area contributed by atoms with Crippen molar-refractivity contribution in [1.82, 2.24) is 15.1 Å². The van der Waals surface area contributed by atoms with E-state index in [-0.39, 0.29) is 23.4 Å². The van der Waals surface area contributed by atoms with Crippen LogP contribution in [0.4, 0.5) is 11.4 Å². The van der Waals surface area contributed by atoms with E-state index >= 15 is 0 Å². The van der Waals surface area contributed by atoms with Crippen LogP contribution in [-0.4, -0.2) is 42.1 Å². The Labute approximate surface area is 226 Å². The molecule has 1 atom stereocenters. The second kappa shape index (κ2) is 11.8. The number of benzene rings is 3. The van der Waals surface area contributed by atoms with Gasteiger partial charge in [-0.25, -0.2) is 0 Å².